The Bertz CT molecular complexity index is 1030. The zero-order valence-electron chi connectivity index (χ0n) is 14.9. The molecule has 3 N–H and O–H groups in total. The van der Waals surface area contributed by atoms with Crippen LogP contribution >= 0.6 is 0 Å². The first-order valence-corrected chi connectivity index (χ1v) is 8.23. The lowest BCUT2D eigenvalue weighted by molar-refractivity contribution is -0.144. The molecule has 0 spiro atoms. The number of hydrogen-bond donors (Lipinski definition) is 2. The number of aryl methyl sites for hydroxylation is 1. The van der Waals surface area contributed by atoms with Gasteiger partial charge in [0.05, 0.1) is 11.4 Å². The summed E-state index contributed by atoms with van der Waals surface area (Å²) in [6, 6.07) is 14.6. The van der Waals surface area contributed by atoms with E-state index < -0.39 is 12.1 Å². The molecule has 1 atom stereocenters. The van der Waals surface area contributed by atoms with E-state index in [-0.39, 0.29) is 5.82 Å². The van der Waals surface area contributed by atoms with Crippen LogP contribution in [0.15, 0.2) is 48.7 Å². The van der Waals surface area contributed by atoms with E-state index in [0.717, 1.165) is 11.3 Å². The Hall–Kier alpha value is -3.79. The molecule has 2 aromatic heterocycles. The van der Waals surface area contributed by atoms with E-state index in [1.54, 1.807) is 24.3 Å². The highest BCUT2D eigenvalue weighted by Gasteiger charge is 2.16. The first kappa shape index (κ1) is 18.0. The number of carboxylic acid groups (broad SMARTS) is 1. The van der Waals surface area contributed by atoms with Crippen LogP contribution in [0.25, 0.3) is 22.5 Å². The fraction of sp³-hybridized carbons (Fsp3) is 0.150. The van der Waals surface area contributed by atoms with Gasteiger partial charge in [-0.15, -0.1) is 0 Å². The van der Waals surface area contributed by atoms with Crippen LogP contribution in [-0.4, -0.2) is 26.7 Å². The normalized spacial score (nSPS) is 11.6. The topological polar surface area (TPSA) is 114 Å². The fourth-order valence-corrected chi connectivity index (χ4v) is 2.74. The van der Waals surface area contributed by atoms with Crippen molar-refractivity contribution in [2.45, 2.75) is 13.0 Å². The number of pyridine rings is 1. The number of rotatable bonds is 5. The number of carbonyl (C=O) groups is 1. The number of carboxylic acids is 1. The number of benzene rings is 1. The smallest absolute Gasteiger partial charge is 0.344 e. The molecule has 0 aliphatic heterocycles. The Balaban J connectivity index is 2.03. The lowest BCUT2D eigenvalue weighted by Gasteiger charge is -2.13. The van der Waals surface area contributed by atoms with Crippen molar-refractivity contribution in [3.63, 3.8) is 0 Å². The van der Waals surface area contributed by atoms with Crippen molar-refractivity contribution in [2.24, 2.45) is 7.05 Å². The van der Waals surface area contributed by atoms with Crippen LogP contribution < -0.4 is 10.5 Å². The third-order valence-electron chi connectivity index (χ3n) is 4.19. The monoisotopic (exact) mass is 362 g/mol. The number of nitrogen functional groups attached to an aromatic ring is 1. The summed E-state index contributed by atoms with van der Waals surface area (Å²) in [5.74, 6) is -0.456. The van der Waals surface area contributed by atoms with Crippen LogP contribution in [0.5, 0.6) is 5.75 Å². The van der Waals surface area contributed by atoms with E-state index in [1.807, 2.05) is 36.0 Å². The molecule has 0 aliphatic rings. The Morgan fingerprint density at radius 3 is 2.59 bits per heavy atom. The highest BCUT2D eigenvalue weighted by molar-refractivity contribution is 5.80. The lowest BCUT2D eigenvalue weighted by Crippen LogP contribution is -2.22. The Kier molecular flexibility index (Phi) is 4.81. The molecule has 0 saturated heterocycles. The first-order valence-electron chi connectivity index (χ1n) is 8.23. The van der Waals surface area contributed by atoms with Gasteiger partial charge in [-0.2, -0.15) is 5.26 Å². The van der Waals surface area contributed by atoms with Gasteiger partial charge in [0.2, 0.25) is 0 Å². The van der Waals surface area contributed by atoms with Gasteiger partial charge >= 0.3 is 5.97 Å². The third-order valence-corrected chi connectivity index (χ3v) is 4.19. The largest absolute Gasteiger partial charge is 0.479 e. The van der Waals surface area contributed by atoms with Crippen molar-refractivity contribution in [3.8, 4) is 34.3 Å². The molecule has 0 aliphatic carbocycles. The Morgan fingerprint density at radius 1 is 1.33 bits per heavy atom. The summed E-state index contributed by atoms with van der Waals surface area (Å²) < 4.78 is 7.26. The van der Waals surface area contributed by atoms with Crippen LogP contribution in [0.3, 0.4) is 0 Å². The van der Waals surface area contributed by atoms with Crippen LogP contribution in [0.4, 0.5) is 5.82 Å². The van der Waals surface area contributed by atoms with Gasteiger partial charge in [0, 0.05) is 18.8 Å². The summed E-state index contributed by atoms with van der Waals surface area (Å²) in [4.78, 5) is 15.3. The predicted octanol–water partition coefficient (Wildman–Crippen LogP) is 3.06. The molecule has 3 rings (SSSR count). The standard InChI is InChI=1S/C20H18N4O3/c1-12(20(25)26)27-14-7-5-13(6-8-14)15-10-17(18-4-3-9-24(18)2)23-19(22)16(15)11-21/h3-10,12H,1-2H3,(H2,22,23)(H,25,26)/t12-/m0/s1. The SMILES string of the molecule is C[C@H](Oc1ccc(-c2cc(-c3cccn3C)nc(N)c2C#N)cc1)C(=O)O. The van der Waals surface area contributed by atoms with Gasteiger partial charge in [0.15, 0.2) is 6.10 Å². The zero-order valence-corrected chi connectivity index (χ0v) is 14.9. The number of anilines is 1. The third kappa shape index (κ3) is 3.60. The van der Waals surface area contributed by atoms with E-state index in [4.69, 9.17) is 15.6 Å². The van der Waals surface area contributed by atoms with Crippen molar-refractivity contribution in [2.75, 3.05) is 5.73 Å². The van der Waals surface area contributed by atoms with Crippen LogP contribution in [0, 0.1) is 11.3 Å². The summed E-state index contributed by atoms with van der Waals surface area (Å²) >= 11 is 0. The molecule has 0 saturated carbocycles. The predicted molar refractivity (Wildman–Crippen MR) is 101 cm³/mol. The number of nitrogens with zero attached hydrogens (tertiary/aromatic N) is 3. The van der Waals surface area contributed by atoms with Gasteiger partial charge in [-0.25, -0.2) is 9.78 Å². The number of nitriles is 1. The molecule has 0 bridgehead atoms. The minimum absolute atomic E-state index is 0.158. The molecule has 0 radical (unpaired) electrons. The van der Waals surface area contributed by atoms with Gasteiger partial charge < -0.3 is 20.1 Å². The van der Waals surface area contributed by atoms with Crippen LogP contribution in [-0.2, 0) is 11.8 Å². The number of ether oxygens (including phenoxy) is 1. The van der Waals surface area contributed by atoms with Crippen molar-refractivity contribution < 1.29 is 14.6 Å². The second kappa shape index (κ2) is 7.22. The van der Waals surface area contributed by atoms with E-state index in [1.165, 1.54) is 6.92 Å². The molecular formula is C20H18N4O3. The highest BCUT2D eigenvalue weighted by atomic mass is 16.5. The molecule has 0 unspecified atom stereocenters. The van der Waals surface area contributed by atoms with E-state index >= 15 is 0 Å². The zero-order chi connectivity index (χ0) is 19.6. The summed E-state index contributed by atoms with van der Waals surface area (Å²) in [5, 5.41) is 18.4. The number of nitrogens with two attached hydrogens (primary N) is 1. The summed E-state index contributed by atoms with van der Waals surface area (Å²) in [7, 11) is 1.90. The quantitative estimate of drug-likeness (QED) is 0.721. The summed E-state index contributed by atoms with van der Waals surface area (Å²) in [6.07, 6.45) is 0.951. The minimum atomic E-state index is -1.04. The molecule has 7 nitrogen and oxygen atoms in total. The van der Waals surface area contributed by atoms with Crippen molar-refractivity contribution >= 4 is 11.8 Å². The van der Waals surface area contributed by atoms with Gasteiger partial charge in [-0.3, -0.25) is 0 Å². The second-order valence-corrected chi connectivity index (χ2v) is 6.05. The lowest BCUT2D eigenvalue weighted by atomic mass is 9.99. The molecular weight excluding hydrogens is 344 g/mol. The second-order valence-electron chi connectivity index (χ2n) is 6.05. The first-order chi connectivity index (χ1) is 12.9. The van der Waals surface area contributed by atoms with Crippen LogP contribution in [0.2, 0.25) is 0 Å². The number of aliphatic carboxylic acids is 1. The molecule has 27 heavy (non-hydrogen) atoms. The fourth-order valence-electron chi connectivity index (χ4n) is 2.74. The van der Waals surface area contributed by atoms with Gasteiger partial charge in [-0.1, -0.05) is 12.1 Å². The van der Waals surface area contributed by atoms with Crippen LogP contribution in [0.1, 0.15) is 12.5 Å². The molecule has 136 valence electrons. The molecule has 7 heteroatoms. The van der Waals surface area contributed by atoms with E-state index in [2.05, 4.69) is 11.1 Å². The molecule has 0 fully saturated rings. The maximum Gasteiger partial charge on any atom is 0.344 e. The van der Waals surface area contributed by atoms with Crippen molar-refractivity contribution in [1.29, 1.82) is 5.26 Å². The molecule has 0 amide bonds. The van der Waals surface area contributed by atoms with Gasteiger partial charge in [-0.05, 0) is 42.8 Å². The molecule has 3 aromatic rings. The summed E-state index contributed by atoms with van der Waals surface area (Å²) in [5.41, 5.74) is 9.26. The van der Waals surface area contributed by atoms with Gasteiger partial charge in [0.25, 0.3) is 0 Å². The van der Waals surface area contributed by atoms with E-state index in [0.29, 0.717) is 22.6 Å². The van der Waals surface area contributed by atoms with Gasteiger partial charge in [0.1, 0.15) is 23.2 Å². The average Bonchev–Trinajstić information content (AvgIpc) is 3.07. The number of aromatic nitrogens is 2. The number of hydrogen-bond acceptors (Lipinski definition) is 5. The van der Waals surface area contributed by atoms with E-state index in [9.17, 15) is 10.1 Å². The highest BCUT2D eigenvalue weighted by Crippen LogP contribution is 2.32. The maximum absolute atomic E-state index is 10.9. The Labute approximate surface area is 156 Å². The minimum Gasteiger partial charge on any atom is -0.479 e. The Morgan fingerprint density at radius 2 is 2.04 bits per heavy atom. The van der Waals surface area contributed by atoms with Crippen molar-refractivity contribution in [3.05, 3.63) is 54.2 Å². The molecule has 2 heterocycles. The molecule has 1 aromatic carbocycles. The maximum atomic E-state index is 10.9. The summed E-state index contributed by atoms with van der Waals surface area (Å²) in [6.45, 7) is 1.46. The van der Waals surface area contributed by atoms with Crippen molar-refractivity contribution in [1.82, 2.24) is 9.55 Å². The average molecular weight is 362 g/mol.